The molecule has 0 spiro atoms. The van der Waals surface area contributed by atoms with Crippen molar-refractivity contribution in [3.63, 3.8) is 0 Å². The third-order valence-electron chi connectivity index (χ3n) is 5.25. The van der Waals surface area contributed by atoms with Gasteiger partial charge in [0.2, 0.25) is 5.78 Å². The molecule has 1 atom stereocenters. The molecule has 0 aliphatic carbocycles. The zero-order valence-electron chi connectivity index (χ0n) is 14.6. The maximum atomic E-state index is 12.6. The van der Waals surface area contributed by atoms with Crippen LogP contribution in [0.5, 0.6) is 0 Å². The molecular formula is C18H23N5O2. The molecule has 0 bridgehead atoms. The number of fused-ring (bicyclic) bond motifs is 3. The summed E-state index contributed by atoms with van der Waals surface area (Å²) in [6, 6.07) is 6.05. The molecule has 1 saturated heterocycles. The van der Waals surface area contributed by atoms with Gasteiger partial charge in [0.15, 0.2) is 5.82 Å². The highest BCUT2D eigenvalue weighted by atomic mass is 16.3. The van der Waals surface area contributed by atoms with Crippen LogP contribution in [0.1, 0.15) is 30.7 Å². The van der Waals surface area contributed by atoms with Gasteiger partial charge < -0.3 is 5.11 Å². The van der Waals surface area contributed by atoms with Crippen LogP contribution in [0.2, 0.25) is 0 Å². The van der Waals surface area contributed by atoms with Crippen molar-refractivity contribution in [1.29, 1.82) is 0 Å². The third kappa shape index (κ3) is 2.63. The first kappa shape index (κ1) is 16.2. The number of hydrogen-bond acceptors (Lipinski definition) is 5. The van der Waals surface area contributed by atoms with E-state index in [0.29, 0.717) is 17.7 Å². The standard InChI is InChI=1S/C18H23N5O2/c1-12-6-7-15-14(9-12)17(25)21(2)18-20-19-16(23(15)18)10-22-8-4-3-5-13(22)11-24/h6-7,9,13,24H,3-5,8,10-11H2,1-2H3. The number of hydrogen-bond donors (Lipinski definition) is 1. The van der Waals surface area contributed by atoms with Crippen LogP contribution in [0.15, 0.2) is 23.0 Å². The largest absolute Gasteiger partial charge is 0.395 e. The number of rotatable bonds is 3. The van der Waals surface area contributed by atoms with Gasteiger partial charge in [-0.2, -0.15) is 0 Å². The maximum Gasteiger partial charge on any atom is 0.262 e. The fourth-order valence-electron chi connectivity index (χ4n) is 3.82. The van der Waals surface area contributed by atoms with E-state index < -0.39 is 0 Å². The minimum Gasteiger partial charge on any atom is -0.395 e. The Morgan fingerprint density at radius 3 is 2.92 bits per heavy atom. The van der Waals surface area contributed by atoms with Gasteiger partial charge in [0.05, 0.1) is 24.1 Å². The molecule has 3 aromatic rings. The lowest BCUT2D eigenvalue weighted by molar-refractivity contribution is 0.0817. The summed E-state index contributed by atoms with van der Waals surface area (Å²) in [4.78, 5) is 14.9. The van der Waals surface area contributed by atoms with Crippen LogP contribution < -0.4 is 5.56 Å². The molecule has 1 aliphatic heterocycles. The zero-order valence-corrected chi connectivity index (χ0v) is 14.6. The Kier molecular flexibility index (Phi) is 4.05. The van der Waals surface area contributed by atoms with Gasteiger partial charge in [0.1, 0.15) is 0 Å². The predicted molar refractivity (Wildman–Crippen MR) is 95.6 cm³/mol. The van der Waals surface area contributed by atoms with Gasteiger partial charge in [-0.05, 0) is 38.4 Å². The first-order valence-corrected chi connectivity index (χ1v) is 8.78. The summed E-state index contributed by atoms with van der Waals surface area (Å²) in [5, 5.41) is 18.9. The molecule has 25 heavy (non-hydrogen) atoms. The molecule has 1 aromatic carbocycles. The molecule has 3 heterocycles. The second kappa shape index (κ2) is 6.24. The number of nitrogens with zero attached hydrogens (tertiary/aromatic N) is 5. The van der Waals surface area contributed by atoms with Gasteiger partial charge in [-0.1, -0.05) is 18.1 Å². The molecule has 7 heteroatoms. The minimum atomic E-state index is -0.0589. The van der Waals surface area contributed by atoms with Crippen molar-refractivity contribution in [3.05, 3.63) is 39.9 Å². The van der Waals surface area contributed by atoms with Crippen molar-refractivity contribution in [2.75, 3.05) is 13.2 Å². The Hall–Kier alpha value is -2.25. The van der Waals surface area contributed by atoms with Gasteiger partial charge in [-0.15, -0.1) is 10.2 Å². The number of aryl methyl sites for hydroxylation is 2. The van der Waals surface area contributed by atoms with Gasteiger partial charge in [-0.3, -0.25) is 18.7 Å². The first-order valence-electron chi connectivity index (χ1n) is 8.78. The van der Waals surface area contributed by atoms with Gasteiger partial charge >= 0.3 is 0 Å². The highest BCUT2D eigenvalue weighted by molar-refractivity contribution is 5.81. The van der Waals surface area contributed by atoms with Gasteiger partial charge in [-0.25, -0.2) is 0 Å². The molecule has 0 radical (unpaired) electrons. The summed E-state index contributed by atoms with van der Waals surface area (Å²) >= 11 is 0. The second-order valence-electron chi connectivity index (χ2n) is 6.94. The van der Waals surface area contributed by atoms with Crippen LogP contribution in [0.25, 0.3) is 16.7 Å². The topological polar surface area (TPSA) is 75.7 Å². The summed E-state index contributed by atoms with van der Waals surface area (Å²) in [6.07, 6.45) is 3.29. The first-order chi connectivity index (χ1) is 12.1. The smallest absolute Gasteiger partial charge is 0.262 e. The Morgan fingerprint density at radius 1 is 1.28 bits per heavy atom. The lowest BCUT2D eigenvalue weighted by Gasteiger charge is -2.33. The van der Waals surface area contributed by atoms with Gasteiger partial charge in [0, 0.05) is 13.1 Å². The highest BCUT2D eigenvalue weighted by Gasteiger charge is 2.24. The molecule has 2 aromatic heterocycles. The molecule has 0 saturated carbocycles. The monoisotopic (exact) mass is 341 g/mol. The summed E-state index contributed by atoms with van der Waals surface area (Å²) in [5.41, 5.74) is 1.83. The second-order valence-corrected chi connectivity index (χ2v) is 6.94. The normalized spacial score (nSPS) is 19.1. The van der Waals surface area contributed by atoms with E-state index in [1.54, 1.807) is 11.6 Å². The fraction of sp³-hybridized carbons (Fsp3) is 0.500. The number of likely N-dealkylation sites (tertiary alicyclic amines) is 1. The lowest BCUT2D eigenvalue weighted by atomic mass is 10.0. The summed E-state index contributed by atoms with van der Waals surface area (Å²) < 4.78 is 3.53. The van der Waals surface area contributed by atoms with E-state index in [0.717, 1.165) is 42.7 Å². The molecule has 4 rings (SSSR count). The Balaban J connectivity index is 1.88. The molecule has 1 N–H and O–H groups in total. The molecule has 132 valence electrons. The van der Waals surface area contributed by atoms with Crippen molar-refractivity contribution < 1.29 is 5.11 Å². The number of aromatic nitrogens is 4. The predicted octanol–water partition coefficient (Wildman–Crippen LogP) is 1.24. The van der Waals surface area contributed by atoms with E-state index >= 15 is 0 Å². The average molecular weight is 341 g/mol. The summed E-state index contributed by atoms with van der Waals surface area (Å²) in [7, 11) is 1.73. The maximum absolute atomic E-state index is 12.6. The van der Waals surface area contributed by atoms with Crippen molar-refractivity contribution in [2.24, 2.45) is 7.05 Å². The van der Waals surface area contributed by atoms with Crippen LogP contribution in [0, 0.1) is 6.92 Å². The van der Waals surface area contributed by atoms with E-state index in [4.69, 9.17) is 0 Å². The number of benzene rings is 1. The third-order valence-corrected chi connectivity index (χ3v) is 5.25. The Morgan fingerprint density at radius 2 is 2.12 bits per heavy atom. The number of piperidine rings is 1. The van der Waals surface area contributed by atoms with E-state index in [1.165, 1.54) is 0 Å². The average Bonchev–Trinajstić information content (AvgIpc) is 3.04. The SMILES string of the molecule is Cc1ccc2c(c1)c(=O)n(C)c1nnc(CN3CCCCC3CO)n21. The zero-order chi connectivity index (χ0) is 17.6. The Bertz CT molecular complexity index is 990. The summed E-state index contributed by atoms with van der Waals surface area (Å²) in [5.74, 6) is 1.36. The van der Waals surface area contributed by atoms with Crippen LogP contribution in [0.3, 0.4) is 0 Å². The molecule has 1 fully saturated rings. The van der Waals surface area contributed by atoms with E-state index in [2.05, 4.69) is 15.1 Å². The van der Waals surface area contributed by atoms with Crippen molar-refractivity contribution >= 4 is 16.7 Å². The van der Waals surface area contributed by atoms with Crippen LogP contribution >= 0.6 is 0 Å². The summed E-state index contributed by atoms with van der Waals surface area (Å²) in [6.45, 7) is 3.71. The molecule has 1 unspecified atom stereocenters. The highest BCUT2D eigenvalue weighted by Crippen LogP contribution is 2.21. The Labute approximate surface area is 145 Å². The van der Waals surface area contributed by atoms with Gasteiger partial charge in [0.25, 0.3) is 5.56 Å². The van der Waals surface area contributed by atoms with E-state index in [1.807, 2.05) is 29.5 Å². The fourth-order valence-corrected chi connectivity index (χ4v) is 3.82. The minimum absolute atomic E-state index is 0.0589. The molecule has 1 aliphatic rings. The van der Waals surface area contributed by atoms with Crippen molar-refractivity contribution in [3.8, 4) is 0 Å². The lowest BCUT2D eigenvalue weighted by Crippen LogP contribution is -2.41. The van der Waals surface area contributed by atoms with Crippen LogP contribution in [-0.4, -0.2) is 48.4 Å². The van der Waals surface area contributed by atoms with Crippen LogP contribution in [-0.2, 0) is 13.6 Å². The van der Waals surface area contributed by atoms with Crippen molar-refractivity contribution in [2.45, 2.75) is 38.8 Å². The molecule has 7 nitrogen and oxygen atoms in total. The quantitative estimate of drug-likeness (QED) is 0.776. The van der Waals surface area contributed by atoms with E-state index in [-0.39, 0.29) is 18.2 Å². The number of aliphatic hydroxyl groups is 1. The number of aliphatic hydroxyl groups excluding tert-OH is 1. The van der Waals surface area contributed by atoms with Crippen molar-refractivity contribution in [1.82, 2.24) is 24.1 Å². The van der Waals surface area contributed by atoms with Crippen LogP contribution in [0.4, 0.5) is 0 Å². The molecular weight excluding hydrogens is 318 g/mol. The molecule has 0 amide bonds. The van der Waals surface area contributed by atoms with E-state index in [9.17, 15) is 9.90 Å².